The van der Waals surface area contributed by atoms with Crippen molar-refractivity contribution < 1.29 is 35.8 Å². The van der Waals surface area contributed by atoms with Crippen LogP contribution in [0.1, 0.15) is 28.7 Å². The molecule has 0 fully saturated rings. The molecule has 3 aromatic heterocycles. The smallest absolute Gasteiger partial charge is 0.324 e. The van der Waals surface area contributed by atoms with E-state index in [0.29, 0.717) is 41.7 Å². The molecule has 59 heavy (non-hydrogen) atoms. The van der Waals surface area contributed by atoms with E-state index in [1.54, 1.807) is 34.9 Å². The van der Waals surface area contributed by atoms with E-state index in [2.05, 4.69) is 57.9 Å². The third kappa shape index (κ3) is 12.0. The maximum atomic E-state index is 13.9. The monoisotopic (exact) mass is 836 g/mol. The van der Waals surface area contributed by atoms with Crippen LogP contribution in [-0.2, 0) is 6.54 Å². The highest BCUT2D eigenvalue weighted by Crippen LogP contribution is 2.29. The van der Waals surface area contributed by atoms with Gasteiger partial charge in [-0.25, -0.2) is 41.3 Å². The highest BCUT2D eigenvalue weighted by atomic mass is 32.1. The molecule has 19 heteroatoms. The van der Waals surface area contributed by atoms with Crippen molar-refractivity contribution in [2.75, 3.05) is 22.9 Å². The number of nitrogens with one attached hydrogen (secondary N) is 2. The van der Waals surface area contributed by atoms with E-state index in [0.717, 1.165) is 24.3 Å². The van der Waals surface area contributed by atoms with Gasteiger partial charge in [0.2, 0.25) is 17.4 Å². The lowest BCUT2D eigenvalue weighted by atomic mass is 10.3. The van der Waals surface area contributed by atoms with Crippen molar-refractivity contribution >= 4 is 57.4 Å². The standard InChI is InChI=1S/C19H14F3N5O.C12H12F2N4O.C7H4FNS.2CH4/c1-2-27-17-15(25-18(27)24-14-9-4-3-6-11(14)20)10-23-19(26-17)28-16-12(21)7-5-8-13(16)22;1-2-16-11-9(15)6-17-12(18-11)19-10-7(13)4-3-5-8(10)14;8-6-3-1-2-4-7(6)9-5-10;;/h3-10H,2H2,1H3,(H,24,25);3-6H,2,15H2,1H3,(H,16,17,18);1-4H;2*1H4. The van der Waals surface area contributed by atoms with Gasteiger partial charge in [-0.2, -0.15) is 15.0 Å². The number of aromatic nitrogens is 6. The van der Waals surface area contributed by atoms with Gasteiger partial charge in [0.05, 0.1) is 28.9 Å². The van der Waals surface area contributed by atoms with E-state index in [4.69, 9.17) is 15.2 Å². The van der Waals surface area contributed by atoms with E-state index in [1.807, 2.05) is 13.8 Å². The first-order valence-corrected chi connectivity index (χ1v) is 17.1. The van der Waals surface area contributed by atoms with Crippen LogP contribution in [0, 0.1) is 34.9 Å². The Morgan fingerprint density at radius 3 is 1.76 bits per heavy atom. The summed E-state index contributed by atoms with van der Waals surface area (Å²) in [4.78, 5) is 23.7. The molecule has 0 spiro atoms. The lowest BCUT2D eigenvalue weighted by Crippen LogP contribution is -2.06. The van der Waals surface area contributed by atoms with Crippen LogP contribution in [0.5, 0.6) is 23.5 Å². The number of fused-ring (bicyclic) bond motifs is 1. The van der Waals surface area contributed by atoms with Gasteiger partial charge in [-0.15, -0.1) is 0 Å². The molecule has 12 nitrogen and oxygen atoms in total. The molecule has 0 saturated carbocycles. The predicted octanol–water partition coefficient (Wildman–Crippen LogP) is 11.2. The SMILES string of the molecule is C.C.CCNc1nc(Oc2c(F)cccc2F)ncc1N.CCn1c(Nc2ccccc2F)nc2cnc(Oc3c(F)cccc3F)nc21.Fc1ccccc1N=C=S. The molecule has 7 aromatic rings. The highest BCUT2D eigenvalue weighted by Gasteiger charge is 2.18. The van der Waals surface area contributed by atoms with E-state index in [9.17, 15) is 26.3 Å². The van der Waals surface area contributed by atoms with Crippen molar-refractivity contribution in [3.63, 3.8) is 0 Å². The summed E-state index contributed by atoms with van der Waals surface area (Å²) in [5.41, 5.74) is 7.25. The lowest BCUT2D eigenvalue weighted by Gasteiger charge is -2.09. The molecule has 0 radical (unpaired) electrons. The number of aliphatic imine (C=N–C) groups is 1. The number of anilines is 4. The summed E-state index contributed by atoms with van der Waals surface area (Å²) in [7, 11) is 0. The van der Waals surface area contributed by atoms with Gasteiger partial charge < -0.3 is 25.8 Å². The number of nitrogens with zero attached hydrogens (tertiary/aromatic N) is 7. The van der Waals surface area contributed by atoms with E-state index in [1.165, 1.54) is 42.7 Å². The zero-order valence-electron chi connectivity index (χ0n) is 29.9. The van der Waals surface area contributed by atoms with Crippen LogP contribution in [0.15, 0.2) is 102 Å². The van der Waals surface area contributed by atoms with Gasteiger partial charge in [0.15, 0.2) is 34.7 Å². The largest absolute Gasteiger partial charge is 0.418 e. The number of imidazole rings is 1. The van der Waals surface area contributed by atoms with Gasteiger partial charge in [0.1, 0.15) is 22.8 Å². The average molecular weight is 837 g/mol. The van der Waals surface area contributed by atoms with Crippen LogP contribution in [0.2, 0.25) is 0 Å². The van der Waals surface area contributed by atoms with Gasteiger partial charge in [-0.05, 0) is 74.6 Å². The van der Waals surface area contributed by atoms with Crippen molar-refractivity contribution in [3.8, 4) is 23.5 Å². The third-order valence-corrected chi connectivity index (χ3v) is 7.38. The maximum Gasteiger partial charge on any atom is 0.324 e. The molecule has 0 aliphatic heterocycles. The number of isothiocyanates is 1. The van der Waals surface area contributed by atoms with Crippen LogP contribution in [-0.4, -0.2) is 41.2 Å². The Morgan fingerprint density at radius 1 is 0.695 bits per heavy atom. The van der Waals surface area contributed by atoms with Crippen molar-refractivity contribution in [1.82, 2.24) is 29.5 Å². The van der Waals surface area contributed by atoms with Crippen LogP contribution in [0.4, 0.5) is 55.2 Å². The van der Waals surface area contributed by atoms with Crippen molar-refractivity contribution in [2.24, 2.45) is 4.99 Å². The molecular weight excluding hydrogens is 799 g/mol. The molecule has 3 heterocycles. The number of halogens is 6. The van der Waals surface area contributed by atoms with Gasteiger partial charge in [-0.1, -0.05) is 51.3 Å². The molecule has 0 saturated heterocycles. The molecule has 0 aliphatic carbocycles. The Kier molecular flexibility index (Phi) is 17.2. The van der Waals surface area contributed by atoms with Crippen LogP contribution in [0.3, 0.4) is 0 Å². The lowest BCUT2D eigenvalue weighted by molar-refractivity contribution is 0.383. The Bertz CT molecular complexity index is 2500. The zero-order chi connectivity index (χ0) is 40.9. The number of para-hydroxylation sites is 4. The Labute approximate surface area is 340 Å². The summed E-state index contributed by atoms with van der Waals surface area (Å²) in [5.74, 6) is -4.62. The van der Waals surface area contributed by atoms with E-state index >= 15 is 0 Å². The minimum atomic E-state index is -0.866. The quantitative estimate of drug-likeness (QED) is 0.0686. The fraction of sp³-hybridized carbons (Fsp3) is 0.150. The average Bonchev–Trinajstić information content (AvgIpc) is 3.54. The van der Waals surface area contributed by atoms with Crippen LogP contribution in [0.25, 0.3) is 11.2 Å². The first-order chi connectivity index (χ1) is 27.5. The Hall–Kier alpha value is -7.11. The molecule has 0 atom stereocenters. The molecule has 0 bridgehead atoms. The number of nitrogen functional groups attached to an aromatic ring is 1. The van der Waals surface area contributed by atoms with Crippen LogP contribution < -0.4 is 25.8 Å². The molecule has 0 unspecified atom stereocenters. The molecule has 0 amide bonds. The first-order valence-electron chi connectivity index (χ1n) is 16.7. The predicted molar refractivity (Wildman–Crippen MR) is 219 cm³/mol. The number of ether oxygens (including phenoxy) is 2. The molecule has 0 aliphatic rings. The second kappa shape index (κ2) is 22.0. The summed E-state index contributed by atoms with van der Waals surface area (Å²) in [6.45, 7) is 4.76. The van der Waals surface area contributed by atoms with Crippen molar-refractivity contribution in [1.29, 1.82) is 0 Å². The Morgan fingerprint density at radius 2 is 1.22 bits per heavy atom. The number of rotatable bonds is 10. The minimum Gasteiger partial charge on any atom is -0.418 e. The number of hydrogen-bond donors (Lipinski definition) is 3. The fourth-order valence-corrected chi connectivity index (χ4v) is 4.80. The highest BCUT2D eigenvalue weighted by molar-refractivity contribution is 7.78. The van der Waals surface area contributed by atoms with E-state index < -0.39 is 40.6 Å². The molecule has 4 aromatic carbocycles. The minimum absolute atomic E-state index is 0. The summed E-state index contributed by atoms with van der Waals surface area (Å²) in [6, 6.07) is 18.7. The fourth-order valence-electron chi connectivity index (χ4n) is 4.70. The molecule has 308 valence electrons. The second-order valence-corrected chi connectivity index (χ2v) is 11.3. The molecular formula is C40H38F6N10O2S. The zero-order valence-corrected chi connectivity index (χ0v) is 30.7. The summed E-state index contributed by atoms with van der Waals surface area (Å²) >= 11 is 4.31. The maximum absolute atomic E-state index is 13.9. The van der Waals surface area contributed by atoms with Crippen LogP contribution >= 0.6 is 12.2 Å². The number of benzene rings is 4. The second-order valence-electron chi connectivity index (χ2n) is 11.1. The first kappa shape index (κ1) is 46.3. The number of nitrogens with two attached hydrogens (primary N) is 1. The summed E-state index contributed by atoms with van der Waals surface area (Å²) in [5, 5.41) is 7.90. The normalized spacial score (nSPS) is 9.97. The third-order valence-electron chi connectivity index (χ3n) is 7.28. The van der Waals surface area contributed by atoms with Gasteiger partial charge in [-0.3, -0.25) is 4.57 Å². The summed E-state index contributed by atoms with van der Waals surface area (Å²) in [6.07, 6.45) is 2.67. The molecule has 7 rings (SSSR count). The molecule has 4 N–H and O–H groups in total. The topological polar surface area (TPSA) is 150 Å². The summed E-state index contributed by atoms with van der Waals surface area (Å²) < 4.78 is 92.8. The number of thiocarbonyl (C=S) groups is 1. The Balaban J connectivity index is 0.000000260. The van der Waals surface area contributed by atoms with Gasteiger partial charge >= 0.3 is 12.0 Å². The number of hydrogen-bond acceptors (Lipinski definition) is 12. The van der Waals surface area contributed by atoms with Gasteiger partial charge in [0, 0.05) is 13.1 Å². The van der Waals surface area contributed by atoms with Gasteiger partial charge in [0.25, 0.3) is 0 Å². The number of aryl methyl sites for hydroxylation is 1. The van der Waals surface area contributed by atoms with E-state index in [-0.39, 0.29) is 44.1 Å². The van der Waals surface area contributed by atoms with Crippen molar-refractivity contribution in [3.05, 3.63) is 132 Å². The van der Waals surface area contributed by atoms with Crippen molar-refractivity contribution in [2.45, 2.75) is 35.2 Å².